The van der Waals surface area contributed by atoms with Crippen LogP contribution in [-0.4, -0.2) is 73.2 Å². The Balaban J connectivity index is 1.44. The highest BCUT2D eigenvalue weighted by Crippen LogP contribution is 2.42. The van der Waals surface area contributed by atoms with Crippen LogP contribution in [0.1, 0.15) is 31.4 Å². The second kappa shape index (κ2) is 8.93. The molecule has 2 aliphatic heterocycles. The van der Waals surface area contributed by atoms with Gasteiger partial charge in [-0.1, -0.05) is 6.07 Å². The molecule has 1 aromatic rings. The maximum atomic E-state index is 12.3. The normalized spacial score (nSPS) is 22.3. The number of nitrogens with zero attached hydrogens (tertiary/aromatic N) is 3. The molecule has 0 unspecified atom stereocenters. The van der Waals surface area contributed by atoms with Crippen LogP contribution in [0.25, 0.3) is 0 Å². The number of carbonyl (C=O) groups is 1. The van der Waals surface area contributed by atoms with E-state index in [1.165, 1.54) is 0 Å². The lowest BCUT2D eigenvalue weighted by Crippen LogP contribution is -2.51. The van der Waals surface area contributed by atoms with E-state index in [0.29, 0.717) is 19.1 Å². The molecule has 0 aromatic carbocycles. The average molecular weight is 361 g/mol. The van der Waals surface area contributed by atoms with Crippen LogP contribution in [0.3, 0.4) is 0 Å². The van der Waals surface area contributed by atoms with Crippen molar-refractivity contribution >= 4 is 5.91 Å². The molecule has 26 heavy (non-hydrogen) atoms. The third-order valence-corrected chi connectivity index (χ3v) is 5.60. The van der Waals surface area contributed by atoms with Gasteiger partial charge >= 0.3 is 0 Å². The summed E-state index contributed by atoms with van der Waals surface area (Å²) < 4.78 is 12.0. The Morgan fingerprint density at radius 1 is 1.38 bits per heavy atom. The molecule has 0 aliphatic carbocycles. The molecular formula is C20H31N3O3. The highest BCUT2D eigenvalue weighted by Gasteiger charge is 2.46. The first-order valence-electron chi connectivity index (χ1n) is 9.63. The zero-order chi connectivity index (χ0) is 18.4. The molecule has 3 heterocycles. The molecule has 144 valence electrons. The van der Waals surface area contributed by atoms with Gasteiger partial charge in [0.1, 0.15) is 0 Å². The van der Waals surface area contributed by atoms with Gasteiger partial charge in [0, 0.05) is 32.5 Å². The summed E-state index contributed by atoms with van der Waals surface area (Å²) in [5.41, 5.74) is 0.918. The molecule has 2 saturated heterocycles. The number of ether oxygens (including phenoxy) is 2. The van der Waals surface area contributed by atoms with E-state index < -0.39 is 0 Å². The van der Waals surface area contributed by atoms with Crippen LogP contribution >= 0.6 is 0 Å². The minimum atomic E-state index is -0.0523. The van der Waals surface area contributed by atoms with Crippen LogP contribution in [0, 0.1) is 5.92 Å². The summed E-state index contributed by atoms with van der Waals surface area (Å²) >= 11 is 0. The molecule has 0 N–H and O–H groups in total. The maximum Gasteiger partial charge on any atom is 0.236 e. The Morgan fingerprint density at radius 2 is 2.19 bits per heavy atom. The minimum Gasteiger partial charge on any atom is -0.375 e. The topological polar surface area (TPSA) is 54.9 Å². The van der Waals surface area contributed by atoms with Crippen molar-refractivity contribution in [1.29, 1.82) is 0 Å². The van der Waals surface area contributed by atoms with Crippen molar-refractivity contribution in [3.05, 3.63) is 30.1 Å². The molecule has 2 aliphatic rings. The lowest BCUT2D eigenvalue weighted by atomic mass is 9.78. The van der Waals surface area contributed by atoms with Crippen LogP contribution < -0.4 is 0 Å². The zero-order valence-electron chi connectivity index (χ0n) is 16.0. The number of piperidine rings is 1. The Bertz CT molecular complexity index is 571. The number of hydrogen-bond acceptors (Lipinski definition) is 5. The summed E-state index contributed by atoms with van der Waals surface area (Å²) in [5.74, 6) is 0.746. The van der Waals surface area contributed by atoms with Gasteiger partial charge in [0.25, 0.3) is 0 Å². The molecular weight excluding hydrogens is 330 g/mol. The minimum absolute atomic E-state index is 0.0523. The Kier molecular flexibility index (Phi) is 6.62. The SMILES string of the molecule is CN(C)CC(=O)N1CCC2(CC1)OCC[C@@H]2CCOCc1ccccn1. The first-order chi connectivity index (χ1) is 12.6. The fourth-order valence-electron chi connectivity index (χ4n) is 4.14. The summed E-state index contributed by atoms with van der Waals surface area (Å²) in [6, 6.07) is 5.89. The van der Waals surface area contributed by atoms with Gasteiger partial charge in [-0.25, -0.2) is 0 Å². The van der Waals surface area contributed by atoms with Gasteiger partial charge in [-0.3, -0.25) is 9.78 Å². The van der Waals surface area contributed by atoms with Gasteiger partial charge in [0.2, 0.25) is 5.91 Å². The summed E-state index contributed by atoms with van der Waals surface area (Å²) in [7, 11) is 3.87. The van der Waals surface area contributed by atoms with Gasteiger partial charge in [0.15, 0.2) is 0 Å². The van der Waals surface area contributed by atoms with E-state index in [1.807, 2.05) is 42.1 Å². The van der Waals surface area contributed by atoms with Crippen molar-refractivity contribution in [2.24, 2.45) is 5.92 Å². The molecule has 6 nitrogen and oxygen atoms in total. The summed E-state index contributed by atoms with van der Waals surface area (Å²) in [4.78, 5) is 20.5. The van der Waals surface area contributed by atoms with E-state index in [9.17, 15) is 4.79 Å². The molecule has 1 amide bonds. The Hall–Kier alpha value is -1.50. The number of likely N-dealkylation sites (N-methyl/N-ethyl adjacent to an activating group) is 1. The highest BCUT2D eigenvalue weighted by molar-refractivity contribution is 5.78. The van der Waals surface area contributed by atoms with E-state index in [2.05, 4.69) is 4.98 Å². The Labute approximate surface area is 156 Å². The molecule has 0 bridgehead atoms. The molecule has 2 fully saturated rings. The number of carbonyl (C=O) groups excluding carboxylic acids is 1. The molecule has 3 rings (SSSR count). The van der Waals surface area contributed by atoms with Crippen molar-refractivity contribution in [1.82, 2.24) is 14.8 Å². The van der Waals surface area contributed by atoms with Crippen LogP contribution in [0.15, 0.2) is 24.4 Å². The van der Waals surface area contributed by atoms with Gasteiger partial charge in [0.05, 0.1) is 24.4 Å². The Morgan fingerprint density at radius 3 is 2.88 bits per heavy atom. The molecule has 6 heteroatoms. The number of rotatable bonds is 7. The number of aromatic nitrogens is 1. The third kappa shape index (κ3) is 4.81. The van der Waals surface area contributed by atoms with E-state index in [0.717, 1.165) is 57.7 Å². The molecule has 0 saturated carbocycles. The smallest absolute Gasteiger partial charge is 0.236 e. The van der Waals surface area contributed by atoms with E-state index in [-0.39, 0.29) is 11.5 Å². The zero-order valence-corrected chi connectivity index (χ0v) is 16.0. The molecule has 1 aromatic heterocycles. The number of amides is 1. The number of likely N-dealkylation sites (tertiary alicyclic amines) is 1. The van der Waals surface area contributed by atoms with E-state index in [1.54, 1.807) is 6.20 Å². The van der Waals surface area contributed by atoms with E-state index in [4.69, 9.17) is 9.47 Å². The first kappa shape index (κ1) is 19.3. The van der Waals surface area contributed by atoms with Crippen LogP contribution in [-0.2, 0) is 20.9 Å². The van der Waals surface area contributed by atoms with Gasteiger partial charge in [-0.2, -0.15) is 0 Å². The van der Waals surface area contributed by atoms with Crippen LogP contribution in [0.4, 0.5) is 0 Å². The van der Waals surface area contributed by atoms with Crippen LogP contribution in [0.2, 0.25) is 0 Å². The van der Waals surface area contributed by atoms with Gasteiger partial charge < -0.3 is 19.3 Å². The van der Waals surface area contributed by atoms with Gasteiger partial charge in [-0.05, 0) is 57.8 Å². The predicted octanol–water partition coefficient (Wildman–Crippen LogP) is 1.95. The second-order valence-electron chi connectivity index (χ2n) is 7.68. The standard InChI is InChI=1S/C20H31N3O3/c1-22(2)15-19(24)23-11-8-20(9-12-23)17(7-14-26-20)6-13-25-16-18-5-3-4-10-21-18/h3-5,10,17H,6-9,11-16H2,1-2H3/t17-/m0/s1. The van der Waals surface area contributed by atoms with Crippen molar-refractivity contribution in [3.63, 3.8) is 0 Å². The third-order valence-electron chi connectivity index (χ3n) is 5.60. The summed E-state index contributed by atoms with van der Waals surface area (Å²) in [6.45, 7) is 4.22. The second-order valence-corrected chi connectivity index (χ2v) is 7.68. The average Bonchev–Trinajstić information content (AvgIpc) is 3.01. The quantitative estimate of drug-likeness (QED) is 0.695. The number of pyridine rings is 1. The maximum absolute atomic E-state index is 12.3. The van der Waals surface area contributed by atoms with Crippen molar-refractivity contribution in [2.75, 3.05) is 46.9 Å². The molecule has 1 atom stereocenters. The number of hydrogen-bond donors (Lipinski definition) is 0. The van der Waals surface area contributed by atoms with Crippen molar-refractivity contribution in [2.45, 2.75) is 37.9 Å². The molecule has 0 radical (unpaired) electrons. The van der Waals surface area contributed by atoms with Crippen LogP contribution in [0.5, 0.6) is 0 Å². The highest BCUT2D eigenvalue weighted by atomic mass is 16.5. The van der Waals surface area contributed by atoms with E-state index >= 15 is 0 Å². The predicted molar refractivity (Wildman–Crippen MR) is 99.7 cm³/mol. The van der Waals surface area contributed by atoms with Crippen molar-refractivity contribution in [3.8, 4) is 0 Å². The van der Waals surface area contributed by atoms with Gasteiger partial charge in [-0.15, -0.1) is 0 Å². The first-order valence-corrected chi connectivity index (χ1v) is 9.63. The fraction of sp³-hybridized carbons (Fsp3) is 0.700. The molecule has 1 spiro atoms. The summed E-state index contributed by atoms with van der Waals surface area (Å²) in [5, 5.41) is 0. The monoisotopic (exact) mass is 361 g/mol. The lowest BCUT2D eigenvalue weighted by molar-refractivity contribution is -0.138. The fourth-order valence-corrected chi connectivity index (χ4v) is 4.14. The summed E-state index contributed by atoms with van der Waals surface area (Å²) in [6.07, 6.45) is 5.79. The largest absolute Gasteiger partial charge is 0.375 e. The van der Waals surface area contributed by atoms with Crippen molar-refractivity contribution < 1.29 is 14.3 Å². The lowest BCUT2D eigenvalue weighted by Gasteiger charge is -2.42.